The highest BCUT2D eigenvalue weighted by Gasteiger charge is 1.96. The Bertz CT molecular complexity index is 111. The summed E-state index contributed by atoms with van der Waals surface area (Å²) in [6, 6.07) is 0. The van der Waals surface area contributed by atoms with E-state index in [0.29, 0.717) is 6.67 Å². The van der Waals surface area contributed by atoms with E-state index in [1.54, 1.807) is 11.1 Å². The van der Waals surface area contributed by atoms with E-state index in [0.717, 1.165) is 13.0 Å². The highest BCUT2D eigenvalue weighted by atomic mass is 16.1. The van der Waals surface area contributed by atoms with Gasteiger partial charge in [-0.15, -0.1) is 0 Å². The summed E-state index contributed by atoms with van der Waals surface area (Å²) < 4.78 is 0. The van der Waals surface area contributed by atoms with Crippen LogP contribution in [0.25, 0.3) is 0 Å². The molecule has 1 heterocycles. The molecule has 0 saturated heterocycles. The van der Waals surface area contributed by atoms with Crippen LogP contribution in [0.1, 0.15) is 0 Å². The van der Waals surface area contributed by atoms with Crippen LogP contribution in [0.4, 0.5) is 0 Å². The molecule has 1 aliphatic rings. The molecule has 0 aromatic rings. The Labute approximate surface area is 48.0 Å². The van der Waals surface area contributed by atoms with E-state index in [9.17, 15) is 4.79 Å². The van der Waals surface area contributed by atoms with Crippen LogP contribution in [0.15, 0.2) is 12.3 Å². The summed E-state index contributed by atoms with van der Waals surface area (Å²) in [5, 5.41) is 2.99. The maximum atomic E-state index is 9.99. The molecule has 1 amide bonds. The Morgan fingerprint density at radius 3 is 3.00 bits per heavy atom. The quantitative estimate of drug-likeness (QED) is 0.465. The lowest BCUT2D eigenvalue weighted by Gasteiger charge is -2.15. The summed E-state index contributed by atoms with van der Waals surface area (Å²) >= 11 is 0. The number of hydrogen-bond donors (Lipinski definition) is 1. The van der Waals surface area contributed by atoms with Gasteiger partial charge in [0.2, 0.25) is 6.41 Å². The smallest absolute Gasteiger partial charge is 0.214 e. The average Bonchev–Trinajstić information content (AvgIpc) is 1.90. The highest BCUT2D eigenvalue weighted by Crippen LogP contribution is 1.86. The maximum Gasteiger partial charge on any atom is 0.214 e. The predicted octanol–water partition coefficient (Wildman–Crippen LogP) is -0.481. The Morgan fingerprint density at radius 2 is 2.62 bits per heavy atom. The third-order valence-electron chi connectivity index (χ3n) is 0.989. The molecule has 0 aliphatic carbocycles. The average molecular weight is 112 g/mol. The molecule has 1 aliphatic heterocycles. The number of nitrogens with zero attached hydrogens (tertiary/aromatic N) is 1. The standard InChI is InChI=1S/C5H8N2O/c8-5-7-3-1-2-6-4-7/h1,3,5-6H,2,4H2. The molecular formula is C5H8N2O. The summed E-state index contributed by atoms with van der Waals surface area (Å²) in [5.41, 5.74) is 0. The van der Waals surface area contributed by atoms with Gasteiger partial charge in [0, 0.05) is 12.7 Å². The summed E-state index contributed by atoms with van der Waals surface area (Å²) in [7, 11) is 0. The Kier molecular flexibility index (Phi) is 1.64. The number of hydrogen-bond acceptors (Lipinski definition) is 2. The van der Waals surface area contributed by atoms with E-state index in [-0.39, 0.29) is 0 Å². The normalized spacial score (nSPS) is 18.8. The van der Waals surface area contributed by atoms with Crippen molar-refractivity contribution in [3.63, 3.8) is 0 Å². The van der Waals surface area contributed by atoms with Gasteiger partial charge in [-0.25, -0.2) is 0 Å². The lowest BCUT2D eigenvalue weighted by molar-refractivity contribution is -0.116. The topological polar surface area (TPSA) is 32.3 Å². The van der Waals surface area contributed by atoms with Crippen LogP contribution >= 0.6 is 0 Å². The molecule has 0 aromatic heterocycles. The number of amides is 1. The van der Waals surface area contributed by atoms with Crippen molar-refractivity contribution in [2.24, 2.45) is 0 Å². The number of nitrogens with one attached hydrogen (secondary N) is 1. The van der Waals surface area contributed by atoms with E-state index < -0.39 is 0 Å². The van der Waals surface area contributed by atoms with Crippen molar-refractivity contribution in [1.82, 2.24) is 10.2 Å². The fourth-order valence-corrected chi connectivity index (χ4v) is 0.590. The van der Waals surface area contributed by atoms with Gasteiger partial charge in [-0.3, -0.25) is 10.1 Å². The van der Waals surface area contributed by atoms with Crippen LogP contribution < -0.4 is 5.32 Å². The minimum absolute atomic E-state index is 0.639. The lowest BCUT2D eigenvalue weighted by atomic mass is 10.5. The van der Waals surface area contributed by atoms with E-state index in [4.69, 9.17) is 0 Å². The van der Waals surface area contributed by atoms with Gasteiger partial charge in [-0.1, -0.05) is 6.08 Å². The molecule has 0 saturated carbocycles. The first-order valence-electron chi connectivity index (χ1n) is 2.52. The van der Waals surface area contributed by atoms with E-state index in [1.807, 2.05) is 6.08 Å². The van der Waals surface area contributed by atoms with Crippen LogP contribution in [-0.2, 0) is 4.79 Å². The van der Waals surface area contributed by atoms with Crippen LogP contribution in [-0.4, -0.2) is 24.5 Å². The summed E-state index contributed by atoms with van der Waals surface area (Å²) in [6.07, 6.45) is 4.46. The van der Waals surface area contributed by atoms with Gasteiger partial charge >= 0.3 is 0 Å². The molecule has 0 unspecified atom stereocenters. The van der Waals surface area contributed by atoms with Crippen molar-refractivity contribution in [3.8, 4) is 0 Å². The van der Waals surface area contributed by atoms with Crippen LogP contribution in [0.2, 0.25) is 0 Å². The van der Waals surface area contributed by atoms with Crippen molar-refractivity contribution in [2.75, 3.05) is 13.2 Å². The van der Waals surface area contributed by atoms with Crippen LogP contribution in [0, 0.1) is 0 Å². The van der Waals surface area contributed by atoms with E-state index >= 15 is 0 Å². The lowest BCUT2D eigenvalue weighted by Crippen LogP contribution is -2.33. The van der Waals surface area contributed by atoms with Gasteiger partial charge in [-0.05, 0) is 0 Å². The van der Waals surface area contributed by atoms with Gasteiger partial charge in [0.15, 0.2) is 0 Å². The van der Waals surface area contributed by atoms with Gasteiger partial charge in [0.1, 0.15) is 0 Å². The van der Waals surface area contributed by atoms with Gasteiger partial charge in [0.05, 0.1) is 6.67 Å². The Morgan fingerprint density at radius 1 is 1.75 bits per heavy atom. The minimum atomic E-state index is 0.639. The van der Waals surface area contributed by atoms with Crippen molar-refractivity contribution in [3.05, 3.63) is 12.3 Å². The van der Waals surface area contributed by atoms with Gasteiger partial charge in [0.25, 0.3) is 0 Å². The number of carbonyl (C=O) groups excluding carboxylic acids is 1. The first-order valence-corrected chi connectivity index (χ1v) is 2.52. The maximum absolute atomic E-state index is 9.99. The number of rotatable bonds is 1. The molecular weight excluding hydrogens is 104 g/mol. The van der Waals surface area contributed by atoms with Crippen LogP contribution in [0.3, 0.4) is 0 Å². The van der Waals surface area contributed by atoms with Crippen LogP contribution in [0.5, 0.6) is 0 Å². The van der Waals surface area contributed by atoms with Gasteiger partial charge in [-0.2, -0.15) is 0 Å². The number of carbonyl (C=O) groups is 1. The van der Waals surface area contributed by atoms with Crippen molar-refractivity contribution in [2.45, 2.75) is 0 Å². The predicted molar refractivity (Wildman–Crippen MR) is 29.9 cm³/mol. The zero-order valence-corrected chi connectivity index (χ0v) is 4.50. The zero-order valence-electron chi connectivity index (χ0n) is 4.50. The first-order chi connectivity index (χ1) is 3.93. The fourth-order valence-electron chi connectivity index (χ4n) is 0.590. The molecule has 1 N–H and O–H groups in total. The summed E-state index contributed by atoms with van der Waals surface area (Å²) in [4.78, 5) is 11.5. The molecule has 1 rings (SSSR count). The SMILES string of the molecule is O=CN1C=CCNC1. The first kappa shape index (κ1) is 5.31. The molecule has 8 heavy (non-hydrogen) atoms. The minimum Gasteiger partial charge on any atom is -0.309 e. The van der Waals surface area contributed by atoms with E-state index in [1.165, 1.54) is 0 Å². The second kappa shape index (κ2) is 2.47. The molecule has 0 radical (unpaired) electrons. The molecule has 0 bridgehead atoms. The summed E-state index contributed by atoms with van der Waals surface area (Å²) in [6.45, 7) is 1.50. The largest absolute Gasteiger partial charge is 0.309 e. The Hall–Kier alpha value is -0.830. The highest BCUT2D eigenvalue weighted by molar-refractivity contribution is 5.49. The van der Waals surface area contributed by atoms with Gasteiger partial charge < -0.3 is 4.90 Å². The molecule has 0 aromatic carbocycles. The molecule has 3 nitrogen and oxygen atoms in total. The molecule has 0 atom stereocenters. The third kappa shape index (κ3) is 1.07. The van der Waals surface area contributed by atoms with Crippen molar-refractivity contribution >= 4 is 6.41 Å². The Balaban J connectivity index is 2.42. The monoisotopic (exact) mass is 112 g/mol. The second-order valence-electron chi connectivity index (χ2n) is 1.62. The third-order valence-corrected chi connectivity index (χ3v) is 0.989. The zero-order chi connectivity index (χ0) is 5.82. The molecule has 3 heteroatoms. The van der Waals surface area contributed by atoms with E-state index in [2.05, 4.69) is 5.32 Å². The fraction of sp³-hybridized carbons (Fsp3) is 0.400. The molecule has 0 spiro atoms. The molecule has 0 fully saturated rings. The van der Waals surface area contributed by atoms with Crippen molar-refractivity contribution < 1.29 is 4.79 Å². The molecule has 44 valence electrons. The summed E-state index contributed by atoms with van der Waals surface area (Å²) in [5.74, 6) is 0. The van der Waals surface area contributed by atoms with Crippen molar-refractivity contribution in [1.29, 1.82) is 0 Å². The second-order valence-corrected chi connectivity index (χ2v) is 1.62.